The van der Waals surface area contributed by atoms with E-state index in [4.69, 9.17) is 19.8 Å². The van der Waals surface area contributed by atoms with Crippen LogP contribution in [0, 0.1) is 0 Å². The molecule has 8 aromatic rings. The maximum Gasteiger partial charge on any atom is 0.132 e. The Morgan fingerprint density at radius 1 is 0.489 bits per heavy atom. The van der Waals surface area contributed by atoms with Crippen LogP contribution < -0.4 is 4.74 Å². The lowest BCUT2D eigenvalue weighted by molar-refractivity contribution is 0.436. The van der Waals surface area contributed by atoms with E-state index in [1.807, 2.05) is 30.3 Å². The zero-order valence-corrected chi connectivity index (χ0v) is 23.7. The number of ether oxygens (including phenoxy) is 1. The fourth-order valence-corrected chi connectivity index (χ4v) is 7.78. The van der Waals surface area contributed by atoms with E-state index in [1.54, 1.807) is 12.1 Å². The van der Waals surface area contributed by atoms with E-state index in [-0.39, 0.29) is 11.1 Å². The van der Waals surface area contributed by atoms with Gasteiger partial charge in [-0.2, -0.15) is 0 Å². The third-order valence-corrected chi connectivity index (χ3v) is 9.59. The highest BCUT2D eigenvalue weighted by Crippen LogP contribution is 2.62. The van der Waals surface area contributed by atoms with Gasteiger partial charge in [-0.15, -0.1) is 11.3 Å². The minimum atomic E-state index is -2.71. The summed E-state index contributed by atoms with van der Waals surface area (Å²) in [5.74, 6) is -1.43. The molecule has 0 amide bonds. The molecule has 1 aromatic heterocycles. The first-order chi connectivity index (χ1) is 30.2. The van der Waals surface area contributed by atoms with Gasteiger partial charge >= 0.3 is 0 Å². The minimum Gasteiger partial charge on any atom is -0.457 e. The molecule has 1 aliphatic heterocycles. The molecule has 0 saturated carbocycles. The molecule has 10 rings (SSSR count). The minimum absolute atomic E-state index is 0.128. The Morgan fingerprint density at radius 2 is 1.11 bits per heavy atom. The standard InChI is InChI=1S/C43H26OS/c1-2-13-29(33-17-11-18-34-32-16-5-10-23-41(32)45-42(33)34)28(12-1)27-24-25-38-40(26-27)44-39-22-9-8-21-37(39)43(38)35-19-6-3-14-30(35)31-15-4-7-20-36(31)43/h1-26H/i1D,2D,3D,4D,6D,7D,8D,9D,12D,13D,14D,15D,19D,20D,21D,22D,24D,25D,26D. The van der Waals surface area contributed by atoms with Crippen LogP contribution in [0.15, 0.2) is 157 Å². The molecular formula is C43H26OS. The first-order valence-corrected chi connectivity index (χ1v) is 14.7. The SMILES string of the molecule is [2H]c1c([2H])c([2H])c2c(c1[2H])Oc1c([2H])c(-c3c([2H])c([2H])c([2H])c([2H])c3-c3cccc4c3sc3ccccc34)c([2H])c([2H])c1C21c2c([2H])c([2H])c([2H])c([2H])c2-c2c([2H])c([2H])c([2H])c([2H])c21. The van der Waals surface area contributed by atoms with Crippen molar-refractivity contribution in [3.8, 4) is 44.9 Å². The normalized spacial score (nSPS) is 19.6. The first-order valence-electron chi connectivity index (χ1n) is 23.4. The van der Waals surface area contributed by atoms with Crippen molar-refractivity contribution in [1.82, 2.24) is 0 Å². The number of hydrogen-bond donors (Lipinski definition) is 0. The molecule has 2 aliphatic rings. The van der Waals surface area contributed by atoms with Gasteiger partial charge in [0.2, 0.25) is 0 Å². The van der Waals surface area contributed by atoms with Crippen LogP contribution in [-0.2, 0) is 5.41 Å². The Labute approximate surface area is 292 Å². The number of para-hydroxylation sites is 1. The van der Waals surface area contributed by atoms with Crippen LogP contribution in [0.5, 0.6) is 11.5 Å². The zero-order chi connectivity index (χ0) is 46.1. The predicted octanol–water partition coefficient (Wildman–Crippen LogP) is 11.9. The second kappa shape index (κ2) is 9.28. The van der Waals surface area contributed by atoms with Gasteiger partial charge in [0.25, 0.3) is 0 Å². The molecule has 0 fully saturated rings. The average molecular weight is 610 g/mol. The smallest absolute Gasteiger partial charge is 0.132 e. The summed E-state index contributed by atoms with van der Waals surface area (Å²) in [5, 5.41) is 1.62. The summed E-state index contributed by atoms with van der Waals surface area (Å²) < 4.78 is 181. The molecular weight excluding hydrogens is 565 g/mol. The summed E-state index contributed by atoms with van der Waals surface area (Å²) in [4.78, 5) is 0. The number of fused-ring (bicyclic) bond motifs is 12. The molecule has 0 N–H and O–H groups in total. The van der Waals surface area contributed by atoms with Gasteiger partial charge in [0, 0.05) is 36.9 Å². The third kappa shape index (κ3) is 3.32. The number of rotatable bonds is 2. The summed E-state index contributed by atoms with van der Waals surface area (Å²) in [7, 11) is 0. The molecule has 7 aromatic carbocycles. The fourth-order valence-electron chi connectivity index (χ4n) is 6.56. The summed E-state index contributed by atoms with van der Waals surface area (Å²) >= 11 is 1.35. The van der Waals surface area contributed by atoms with Crippen LogP contribution >= 0.6 is 11.3 Å². The van der Waals surface area contributed by atoms with Crippen molar-refractivity contribution in [1.29, 1.82) is 0 Å². The van der Waals surface area contributed by atoms with Crippen molar-refractivity contribution in [3.63, 3.8) is 0 Å². The Kier molecular flexibility index (Phi) is 2.66. The van der Waals surface area contributed by atoms with Gasteiger partial charge in [0.15, 0.2) is 0 Å². The van der Waals surface area contributed by atoms with Gasteiger partial charge < -0.3 is 4.74 Å². The highest BCUT2D eigenvalue weighted by atomic mass is 32.1. The maximum absolute atomic E-state index is 9.95. The quantitative estimate of drug-likeness (QED) is 0.189. The second-order valence-electron chi connectivity index (χ2n) is 10.5. The van der Waals surface area contributed by atoms with E-state index in [2.05, 4.69) is 0 Å². The fraction of sp³-hybridized carbons (Fsp3) is 0.0233. The Morgan fingerprint density at radius 3 is 1.91 bits per heavy atom. The Balaban J connectivity index is 1.44. The van der Waals surface area contributed by atoms with Crippen LogP contribution in [0.3, 0.4) is 0 Å². The van der Waals surface area contributed by atoms with E-state index >= 15 is 0 Å². The topological polar surface area (TPSA) is 9.23 Å². The van der Waals surface area contributed by atoms with Crippen LogP contribution in [0.4, 0.5) is 0 Å². The molecule has 2 heteroatoms. The average Bonchev–Trinajstić information content (AvgIpc) is 3.82. The summed E-state index contributed by atoms with van der Waals surface area (Å²) in [5.41, 5.74) is -6.66. The summed E-state index contributed by atoms with van der Waals surface area (Å²) in [6.45, 7) is 0. The third-order valence-electron chi connectivity index (χ3n) is 8.37. The van der Waals surface area contributed by atoms with Crippen molar-refractivity contribution in [2.75, 3.05) is 0 Å². The Hall–Kier alpha value is -5.44. The number of benzene rings is 7. The predicted molar refractivity (Wildman–Crippen MR) is 188 cm³/mol. The second-order valence-corrected chi connectivity index (χ2v) is 11.6. The monoisotopic (exact) mass is 609 g/mol. The molecule has 0 saturated heterocycles. The lowest BCUT2D eigenvalue weighted by Gasteiger charge is -2.39. The highest BCUT2D eigenvalue weighted by molar-refractivity contribution is 7.26. The van der Waals surface area contributed by atoms with E-state index in [9.17, 15) is 11.0 Å². The number of thiophene rings is 1. The van der Waals surface area contributed by atoms with Crippen LogP contribution in [0.2, 0.25) is 0 Å². The molecule has 210 valence electrons. The van der Waals surface area contributed by atoms with E-state index < -0.39 is 171 Å². The highest BCUT2D eigenvalue weighted by Gasteiger charge is 2.50. The molecule has 45 heavy (non-hydrogen) atoms. The van der Waals surface area contributed by atoms with Crippen LogP contribution in [-0.4, -0.2) is 0 Å². The van der Waals surface area contributed by atoms with Gasteiger partial charge in [-0.1, -0.05) is 139 Å². The molecule has 0 bridgehead atoms. The summed E-state index contributed by atoms with van der Waals surface area (Å²) in [6.07, 6.45) is 0. The molecule has 0 radical (unpaired) electrons. The van der Waals surface area contributed by atoms with Crippen molar-refractivity contribution in [2.45, 2.75) is 5.41 Å². The summed E-state index contributed by atoms with van der Waals surface area (Å²) in [6, 6.07) is -2.44. The maximum atomic E-state index is 9.95. The molecule has 2 heterocycles. The van der Waals surface area contributed by atoms with Crippen LogP contribution in [0.1, 0.15) is 48.3 Å². The van der Waals surface area contributed by atoms with E-state index in [1.165, 1.54) is 11.3 Å². The van der Waals surface area contributed by atoms with Crippen molar-refractivity contribution in [3.05, 3.63) is 180 Å². The van der Waals surface area contributed by atoms with Crippen molar-refractivity contribution < 1.29 is 30.8 Å². The van der Waals surface area contributed by atoms with E-state index in [0.29, 0.717) is 10.3 Å². The largest absolute Gasteiger partial charge is 0.457 e. The first kappa shape index (κ1) is 12.9. The van der Waals surface area contributed by atoms with Gasteiger partial charge in [0.1, 0.15) is 11.5 Å². The van der Waals surface area contributed by atoms with E-state index in [0.717, 1.165) is 15.5 Å². The van der Waals surface area contributed by atoms with Gasteiger partial charge in [0.05, 0.1) is 31.5 Å². The molecule has 1 spiro atoms. The van der Waals surface area contributed by atoms with Gasteiger partial charge in [-0.3, -0.25) is 0 Å². The van der Waals surface area contributed by atoms with Crippen LogP contribution in [0.25, 0.3) is 53.6 Å². The molecule has 0 unspecified atom stereocenters. The lowest BCUT2D eigenvalue weighted by Crippen LogP contribution is -2.32. The van der Waals surface area contributed by atoms with Gasteiger partial charge in [-0.25, -0.2) is 0 Å². The van der Waals surface area contributed by atoms with Gasteiger partial charge in [-0.05, 0) is 57.1 Å². The lowest BCUT2D eigenvalue weighted by atomic mass is 9.66. The Bertz CT molecular complexity index is 3470. The van der Waals surface area contributed by atoms with Crippen molar-refractivity contribution in [2.24, 2.45) is 0 Å². The molecule has 1 aliphatic carbocycles. The molecule has 0 atom stereocenters. The van der Waals surface area contributed by atoms with Crippen molar-refractivity contribution >= 4 is 31.5 Å². The molecule has 1 nitrogen and oxygen atoms in total. The number of hydrogen-bond acceptors (Lipinski definition) is 2. The zero-order valence-electron chi connectivity index (χ0n) is 41.9.